The van der Waals surface area contributed by atoms with Crippen LogP contribution >= 0.6 is 0 Å². The molecule has 1 amide bonds. The maximum atomic E-state index is 13.0. The molecule has 0 spiro atoms. The highest BCUT2D eigenvalue weighted by Gasteiger charge is 2.31. The van der Waals surface area contributed by atoms with Crippen molar-refractivity contribution in [3.8, 4) is 16.9 Å². The molecule has 0 bridgehead atoms. The number of aryl methyl sites for hydroxylation is 1. The average Bonchev–Trinajstić information content (AvgIpc) is 3.65. The molecule has 1 saturated heterocycles. The van der Waals surface area contributed by atoms with E-state index in [1.165, 1.54) is 12.8 Å². The van der Waals surface area contributed by atoms with Crippen molar-refractivity contribution in [3.05, 3.63) is 77.9 Å². The number of likely N-dealkylation sites (N-methyl/N-ethyl adjacent to an activating group) is 1. The number of carbonyl (C=O) groups is 1. The van der Waals surface area contributed by atoms with E-state index >= 15 is 0 Å². The number of carbonyl (C=O) groups excluding carboxylic acids is 1. The Hall–Kier alpha value is -4.32. The fraction of sp³-hybridized carbons (Fsp3) is 0.321. The van der Waals surface area contributed by atoms with Crippen molar-refractivity contribution in [3.63, 3.8) is 0 Å². The van der Waals surface area contributed by atoms with E-state index in [1.54, 1.807) is 35.3 Å². The maximum Gasteiger partial charge on any atom is 0.416 e. The second-order valence-electron chi connectivity index (χ2n) is 9.83. The summed E-state index contributed by atoms with van der Waals surface area (Å²) in [6, 6.07) is 8.60. The Balaban J connectivity index is 1.32. The van der Waals surface area contributed by atoms with Gasteiger partial charge in [0.05, 0.1) is 29.3 Å². The molecule has 1 aliphatic heterocycles. The molecule has 1 fully saturated rings. The molecular formula is C28H29F3N8O. The third-order valence-electron chi connectivity index (χ3n) is 6.95. The Morgan fingerprint density at radius 1 is 1.10 bits per heavy atom. The predicted octanol–water partition coefficient (Wildman–Crippen LogP) is 4.84. The highest BCUT2D eigenvalue weighted by molar-refractivity contribution is 6.04. The van der Waals surface area contributed by atoms with E-state index < -0.39 is 17.6 Å². The second-order valence-corrected chi connectivity index (χ2v) is 9.83. The third-order valence-corrected chi connectivity index (χ3v) is 6.95. The van der Waals surface area contributed by atoms with Crippen LogP contribution in [0.5, 0.6) is 0 Å². The number of aromatic nitrogens is 5. The Labute approximate surface area is 229 Å². The third kappa shape index (κ3) is 6.28. The van der Waals surface area contributed by atoms with Gasteiger partial charge in [0.25, 0.3) is 5.91 Å². The van der Waals surface area contributed by atoms with Crippen molar-refractivity contribution < 1.29 is 18.0 Å². The van der Waals surface area contributed by atoms with E-state index in [4.69, 9.17) is 0 Å². The van der Waals surface area contributed by atoms with E-state index in [-0.39, 0.29) is 11.4 Å². The first-order valence-electron chi connectivity index (χ1n) is 12.9. The molecule has 12 heteroatoms. The molecule has 40 heavy (non-hydrogen) atoms. The van der Waals surface area contributed by atoms with Gasteiger partial charge in [-0.25, -0.2) is 9.67 Å². The van der Waals surface area contributed by atoms with Gasteiger partial charge in [0.2, 0.25) is 0 Å². The van der Waals surface area contributed by atoms with Crippen LogP contribution in [0.25, 0.3) is 16.9 Å². The average molecular weight is 551 g/mol. The summed E-state index contributed by atoms with van der Waals surface area (Å²) in [4.78, 5) is 25.7. The lowest BCUT2D eigenvalue weighted by Crippen LogP contribution is -2.31. The van der Waals surface area contributed by atoms with E-state index in [0.717, 1.165) is 61.3 Å². The zero-order valence-corrected chi connectivity index (χ0v) is 22.2. The van der Waals surface area contributed by atoms with E-state index in [9.17, 15) is 18.0 Å². The molecule has 3 aromatic heterocycles. The summed E-state index contributed by atoms with van der Waals surface area (Å²) in [5.74, 6) is -0.787. The maximum absolute atomic E-state index is 13.0. The highest BCUT2D eigenvalue weighted by Crippen LogP contribution is 2.30. The summed E-state index contributed by atoms with van der Waals surface area (Å²) in [6.45, 7) is 6.06. The van der Waals surface area contributed by atoms with Gasteiger partial charge < -0.3 is 15.1 Å². The quantitative estimate of drug-likeness (QED) is 0.336. The first kappa shape index (κ1) is 27.3. The van der Waals surface area contributed by atoms with Crippen LogP contribution in [0, 0.1) is 6.92 Å². The number of pyridine rings is 2. The Kier molecular flexibility index (Phi) is 7.78. The molecule has 1 aliphatic rings. The fourth-order valence-corrected chi connectivity index (χ4v) is 4.58. The monoisotopic (exact) mass is 550 g/mol. The van der Waals surface area contributed by atoms with Crippen LogP contribution in [0.3, 0.4) is 0 Å². The van der Waals surface area contributed by atoms with Gasteiger partial charge >= 0.3 is 6.18 Å². The number of hydrogen-bond acceptors (Lipinski definition) is 7. The minimum Gasteiger partial charge on any atom is -0.372 e. The van der Waals surface area contributed by atoms with E-state index in [0.29, 0.717) is 11.4 Å². The van der Waals surface area contributed by atoms with Gasteiger partial charge in [0.1, 0.15) is 11.5 Å². The Morgan fingerprint density at radius 2 is 1.90 bits per heavy atom. The molecule has 9 nitrogen and oxygen atoms in total. The molecule has 0 radical (unpaired) electrons. The van der Waals surface area contributed by atoms with Crippen molar-refractivity contribution in [2.75, 3.05) is 43.4 Å². The summed E-state index contributed by atoms with van der Waals surface area (Å²) < 4.78 is 40.6. The summed E-state index contributed by atoms with van der Waals surface area (Å²) in [5, 5.41) is 11.0. The zero-order chi connectivity index (χ0) is 28.3. The van der Waals surface area contributed by atoms with Gasteiger partial charge in [-0.15, -0.1) is 5.10 Å². The van der Waals surface area contributed by atoms with Gasteiger partial charge in [-0.1, -0.05) is 11.3 Å². The highest BCUT2D eigenvalue weighted by atomic mass is 19.4. The molecule has 4 aromatic rings. The van der Waals surface area contributed by atoms with Gasteiger partial charge in [-0.3, -0.25) is 9.78 Å². The second kappa shape index (κ2) is 11.4. The van der Waals surface area contributed by atoms with Crippen molar-refractivity contribution in [1.82, 2.24) is 29.9 Å². The smallest absolute Gasteiger partial charge is 0.372 e. The SMILES string of the molecule is Cc1ccc(C(=O)Nc2cc(C(F)(F)F)ccn2)cc1-n1cc(-c2cncc(N(C)CCN3CCCC3)c2)nn1. The number of amides is 1. The fourth-order valence-electron chi connectivity index (χ4n) is 4.58. The van der Waals surface area contributed by atoms with E-state index in [2.05, 4.69) is 35.4 Å². The lowest BCUT2D eigenvalue weighted by atomic mass is 10.1. The largest absolute Gasteiger partial charge is 0.416 e. The minimum atomic E-state index is -4.54. The Bertz CT molecular complexity index is 1500. The zero-order valence-electron chi connectivity index (χ0n) is 22.2. The summed E-state index contributed by atoms with van der Waals surface area (Å²) in [7, 11) is 2.04. The summed E-state index contributed by atoms with van der Waals surface area (Å²) in [5.41, 5.74) is 3.18. The van der Waals surface area contributed by atoms with Crippen LogP contribution < -0.4 is 10.2 Å². The van der Waals surface area contributed by atoms with Crippen LogP contribution in [0.15, 0.2) is 61.2 Å². The predicted molar refractivity (Wildman–Crippen MR) is 145 cm³/mol. The molecule has 5 rings (SSSR count). The molecule has 0 atom stereocenters. The van der Waals surface area contributed by atoms with Crippen LogP contribution in [-0.4, -0.2) is 69.0 Å². The summed E-state index contributed by atoms with van der Waals surface area (Å²) in [6.07, 6.45) is 4.29. The first-order chi connectivity index (χ1) is 19.2. The van der Waals surface area contributed by atoms with Crippen molar-refractivity contribution in [2.24, 2.45) is 0 Å². The number of anilines is 2. The number of likely N-dealkylation sites (tertiary alicyclic amines) is 1. The van der Waals surface area contributed by atoms with Crippen LogP contribution in [0.1, 0.15) is 34.3 Å². The van der Waals surface area contributed by atoms with Crippen molar-refractivity contribution in [1.29, 1.82) is 0 Å². The molecule has 0 saturated carbocycles. The molecule has 4 heterocycles. The van der Waals surface area contributed by atoms with Gasteiger partial charge in [-0.2, -0.15) is 13.2 Å². The number of nitrogens with zero attached hydrogens (tertiary/aromatic N) is 7. The van der Waals surface area contributed by atoms with Gasteiger partial charge in [0.15, 0.2) is 0 Å². The standard InChI is InChI=1S/C28H29F3N8O/c1-19-5-6-20(27(40)34-26-15-22(7-8-33-26)28(29,30)31)14-25(19)39-18-24(35-36-39)21-13-23(17-32-16-21)37(2)11-12-38-9-3-4-10-38/h5-8,13-18H,3-4,9-12H2,1-2H3,(H,33,34,40). The van der Waals surface area contributed by atoms with Gasteiger partial charge in [-0.05, 0) is 68.8 Å². The molecular weight excluding hydrogens is 521 g/mol. The molecule has 1 N–H and O–H groups in total. The molecule has 208 valence electrons. The summed E-state index contributed by atoms with van der Waals surface area (Å²) >= 11 is 0. The lowest BCUT2D eigenvalue weighted by Gasteiger charge is -2.23. The number of hydrogen-bond donors (Lipinski definition) is 1. The topological polar surface area (TPSA) is 92.1 Å². The van der Waals surface area contributed by atoms with Crippen LogP contribution in [0.2, 0.25) is 0 Å². The molecule has 0 aliphatic carbocycles. The number of alkyl halides is 3. The molecule has 0 unspecified atom stereocenters. The van der Waals surface area contributed by atoms with Crippen LogP contribution in [0.4, 0.5) is 24.7 Å². The first-order valence-corrected chi connectivity index (χ1v) is 12.9. The Morgan fingerprint density at radius 3 is 2.67 bits per heavy atom. The number of rotatable bonds is 8. The number of benzene rings is 1. The van der Waals surface area contributed by atoms with Gasteiger partial charge in [0, 0.05) is 43.7 Å². The van der Waals surface area contributed by atoms with Crippen LogP contribution in [-0.2, 0) is 6.18 Å². The van der Waals surface area contributed by atoms with Crippen molar-refractivity contribution >= 4 is 17.4 Å². The lowest BCUT2D eigenvalue weighted by molar-refractivity contribution is -0.137. The van der Waals surface area contributed by atoms with E-state index in [1.807, 2.05) is 26.2 Å². The molecule has 1 aromatic carbocycles. The minimum absolute atomic E-state index is 0.192. The number of halogens is 3. The normalized spacial score (nSPS) is 13.9. The number of nitrogens with one attached hydrogen (secondary N) is 1. The van der Waals surface area contributed by atoms with Crippen molar-refractivity contribution in [2.45, 2.75) is 25.9 Å².